The van der Waals surface area contributed by atoms with Gasteiger partial charge in [0.05, 0.1) is 0 Å². The van der Waals surface area contributed by atoms with Crippen LogP contribution in [0, 0.1) is 6.92 Å². The number of fused-ring (bicyclic) bond motifs is 1. The summed E-state index contributed by atoms with van der Waals surface area (Å²) in [5.41, 5.74) is 1.88. The van der Waals surface area contributed by atoms with Crippen LogP contribution in [0.3, 0.4) is 0 Å². The van der Waals surface area contributed by atoms with Crippen LogP contribution in [0.2, 0.25) is 0 Å². The number of aromatic amines is 1. The number of nitrogens with one attached hydrogen (secondary N) is 1. The largest absolute Gasteiger partial charge is 0.468 e. The van der Waals surface area contributed by atoms with Gasteiger partial charge in [-0.25, -0.2) is 4.98 Å². The number of hydrogen-bond acceptors (Lipinski definition) is 6. The Morgan fingerprint density at radius 1 is 1.30 bits per heavy atom. The third-order valence-electron chi connectivity index (χ3n) is 3.90. The molecule has 0 aliphatic heterocycles. The number of hydrogen-bond donors (Lipinski definition) is 1. The molecule has 3 aromatic rings. The fourth-order valence-electron chi connectivity index (χ4n) is 2.50. The number of aromatic nitrogens is 7. The quantitative estimate of drug-likeness (QED) is 0.794. The highest BCUT2D eigenvalue weighted by Gasteiger charge is 2.25. The Bertz CT molecular complexity index is 762. The summed E-state index contributed by atoms with van der Waals surface area (Å²) in [6, 6.07) is 2.03. The first-order valence-electron chi connectivity index (χ1n) is 8.01. The van der Waals surface area contributed by atoms with Crippen molar-refractivity contribution >= 4 is 5.65 Å². The monoisotopic (exact) mass is 315 g/mol. The van der Waals surface area contributed by atoms with Gasteiger partial charge in [-0.2, -0.15) is 9.61 Å². The average Bonchev–Trinajstić information content (AvgIpc) is 3.16. The van der Waals surface area contributed by atoms with E-state index in [1.165, 1.54) is 25.6 Å². The minimum absolute atomic E-state index is 0.319. The van der Waals surface area contributed by atoms with Crippen LogP contribution < -0.4 is 4.74 Å². The van der Waals surface area contributed by atoms with E-state index in [0.717, 1.165) is 17.0 Å². The maximum Gasteiger partial charge on any atom is 0.235 e. The van der Waals surface area contributed by atoms with Gasteiger partial charge in [-0.3, -0.25) is 5.10 Å². The Kier molecular flexibility index (Phi) is 4.50. The van der Waals surface area contributed by atoms with Crippen LogP contribution in [0.25, 0.3) is 5.65 Å². The molecule has 23 heavy (non-hydrogen) atoms. The van der Waals surface area contributed by atoms with E-state index in [4.69, 9.17) is 4.74 Å². The van der Waals surface area contributed by atoms with Crippen LogP contribution in [-0.4, -0.2) is 35.0 Å². The molecule has 1 N–H and O–H groups in total. The molecule has 1 aliphatic rings. The molecule has 1 aliphatic carbocycles. The van der Waals surface area contributed by atoms with Gasteiger partial charge in [-0.05, 0) is 31.7 Å². The van der Waals surface area contributed by atoms with Gasteiger partial charge in [-0.1, -0.05) is 20.3 Å². The number of nitrogens with zero attached hydrogens (tertiary/aromatic N) is 6. The Morgan fingerprint density at radius 3 is 2.78 bits per heavy atom. The lowest BCUT2D eigenvalue weighted by Crippen LogP contribution is -2.14. The smallest absolute Gasteiger partial charge is 0.235 e. The Balaban J connectivity index is 0.000000753. The lowest BCUT2D eigenvalue weighted by Gasteiger charge is -2.26. The summed E-state index contributed by atoms with van der Waals surface area (Å²) in [6.07, 6.45) is 5.06. The third kappa shape index (κ3) is 3.01. The van der Waals surface area contributed by atoms with Crippen molar-refractivity contribution in [1.29, 1.82) is 0 Å². The normalized spacial score (nSPS) is 14.2. The molecule has 0 atom stereocenters. The average molecular weight is 315 g/mol. The van der Waals surface area contributed by atoms with Crippen molar-refractivity contribution in [3.05, 3.63) is 29.6 Å². The molecule has 0 saturated heterocycles. The van der Waals surface area contributed by atoms with E-state index < -0.39 is 0 Å². The van der Waals surface area contributed by atoms with Crippen LogP contribution >= 0.6 is 0 Å². The Labute approximate surface area is 134 Å². The van der Waals surface area contributed by atoms with Crippen molar-refractivity contribution in [3.63, 3.8) is 0 Å². The molecule has 1 fully saturated rings. The highest BCUT2D eigenvalue weighted by atomic mass is 16.5. The molecule has 3 aromatic heterocycles. The van der Waals surface area contributed by atoms with Crippen molar-refractivity contribution in [2.24, 2.45) is 0 Å². The van der Waals surface area contributed by atoms with Gasteiger partial charge >= 0.3 is 0 Å². The molecule has 0 amide bonds. The minimum Gasteiger partial charge on any atom is -0.468 e. The summed E-state index contributed by atoms with van der Waals surface area (Å²) in [4.78, 5) is 4.06. The minimum atomic E-state index is 0.319. The lowest BCUT2D eigenvalue weighted by molar-refractivity contribution is 0.268. The van der Waals surface area contributed by atoms with E-state index >= 15 is 0 Å². The fourth-order valence-corrected chi connectivity index (χ4v) is 2.50. The first-order valence-corrected chi connectivity index (χ1v) is 8.01. The predicted molar refractivity (Wildman–Crippen MR) is 84.2 cm³/mol. The second kappa shape index (κ2) is 6.72. The van der Waals surface area contributed by atoms with Crippen LogP contribution in [0.5, 0.6) is 5.88 Å². The second-order valence-corrected chi connectivity index (χ2v) is 5.27. The van der Waals surface area contributed by atoms with E-state index in [-0.39, 0.29) is 0 Å². The number of rotatable bonds is 4. The molecule has 0 unspecified atom stereocenters. The molecule has 0 aromatic carbocycles. The highest BCUT2D eigenvalue weighted by Crippen LogP contribution is 2.40. The summed E-state index contributed by atoms with van der Waals surface area (Å²) in [5, 5.41) is 19.3. The van der Waals surface area contributed by atoms with Gasteiger partial charge in [0, 0.05) is 5.56 Å². The van der Waals surface area contributed by atoms with E-state index in [0.29, 0.717) is 24.2 Å². The molecule has 0 radical (unpaired) electrons. The zero-order valence-electron chi connectivity index (χ0n) is 13.7. The summed E-state index contributed by atoms with van der Waals surface area (Å²) >= 11 is 0. The summed E-state index contributed by atoms with van der Waals surface area (Å²) in [6.45, 7) is 6.19. The molecule has 8 nitrogen and oxygen atoms in total. The molecular weight excluding hydrogens is 294 g/mol. The van der Waals surface area contributed by atoms with Gasteiger partial charge < -0.3 is 4.74 Å². The van der Waals surface area contributed by atoms with Gasteiger partial charge in [0.1, 0.15) is 12.9 Å². The van der Waals surface area contributed by atoms with Gasteiger partial charge in [0.2, 0.25) is 5.88 Å². The summed E-state index contributed by atoms with van der Waals surface area (Å²) < 4.78 is 7.56. The number of ether oxygens (including phenoxy) is 1. The van der Waals surface area contributed by atoms with Crippen molar-refractivity contribution in [2.75, 3.05) is 0 Å². The predicted octanol–water partition coefficient (Wildman–Crippen LogP) is 2.42. The zero-order chi connectivity index (χ0) is 16.2. The number of H-pyrrole nitrogens is 1. The molecule has 0 spiro atoms. The van der Waals surface area contributed by atoms with Crippen LogP contribution in [0.1, 0.15) is 56.2 Å². The van der Waals surface area contributed by atoms with Crippen molar-refractivity contribution in [1.82, 2.24) is 35.0 Å². The lowest BCUT2D eigenvalue weighted by atomic mass is 9.80. The highest BCUT2D eigenvalue weighted by molar-refractivity contribution is 5.45. The fraction of sp³-hybridized carbons (Fsp3) is 0.533. The van der Waals surface area contributed by atoms with Crippen LogP contribution in [0.15, 0.2) is 12.4 Å². The standard InChI is InChI=1S/C13H15N7O.C2H6/c1-8-16-18-12-5-10(9-3-2-4-9)13(19-20(8)12)21-6-11-14-7-15-17-11;1-2/h5,7,9H,2-4,6H2,1H3,(H,14,15,17);1-2H3. The molecule has 122 valence electrons. The maximum absolute atomic E-state index is 5.85. The number of aryl methyl sites for hydroxylation is 1. The van der Waals surface area contributed by atoms with E-state index in [1.54, 1.807) is 4.52 Å². The first kappa shape index (κ1) is 15.4. The van der Waals surface area contributed by atoms with Crippen molar-refractivity contribution in [2.45, 2.75) is 52.6 Å². The maximum atomic E-state index is 5.85. The summed E-state index contributed by atoms with van der Waals surface area (Å²) in [7, 11) is 0. The molecular formula is C15H21N7O. The first-order chi connectivity index (χ1) is 11.3. The van der Waals surface area contributed by atoms with Crippen LogP contribution in [0.4, 0.5) is 0 Å². The third-order valence-corrected chi connectivity index (χ3v) is 3.90. The molecule has 1 saturated carbocycles. The van der Waals surface area contributed by atoms with E-state index in [9.17, 15) is 0 Å². The van der Waals surface area contributed by atoms with Gasteiger partial charge in [-0.15, -0.1) is 15.3 Å². The Hall–Kier alpha value is -2.51. The van der Waals surface area contributed by atoms with Crippen molar-refractivity contribution < 1.29 is 4.74 Å². The molecule has 3 heterocycles. The molecule has 4 rings (SSSR count). The van der Waals surface area contributed by atoms with E-state index in [1.807, 2.05) is 26.8 Å². The van der Waals surface area contributed by atoms with Gasteiger partial charge in [0.15, 0.2) is 17.3 Å². The molecule has 8 heteroatoms. The molecule has 0 bridgehead atoms. The zero-order valence-corrected chi connectivity index (χ0v) is 13.7. The van der Waals surface area contributed by atoms with Gasteiger partial charge in [0.25, 0.3) is 0 Å². The van der Waals surface area contributed by atoms with Crippen LogP contribution in [-0.2, 0) is 6.61 Å². The Morgan fingerprint density at radius 2 is 2.13 bits per heavy atom. The summed E-state index contributed by atoms with van der Waals surface area (Å²) in [5.74, 6) is 2.56. The topological polar surface area (TPSA) is 93.9 Å². The van der Waals surface area contributed by atoms with Crippen molar-refractivity contribution in [3.8, 4) is 5.88 Å². The second-order valence-electron chi connectivity index (χ2n) is 5.27. The SMILES string of the molecule is CC.Cc1nnc2cc(C3CCC3)c(OCc3ncn[nH]3)nn12. The van der Waals surface area contributed by atoms with E-state index in [2.05, 4.69) is 30.5 Å².